The minimum absolute atomic E-state index is 0.238. The highest BCUT2D eigenvalue weighted by Crippen LogP contribution is 2.09. The molecular weight excluding hydrogens is 248 g/mol. The van der Waals surface area contributed by atoms with Gasteiger partial charge in [-0.3, -0.25) is 0 Å². The fourth-order valence-electron chi connectivity index (χ4n) is 1.39. The number of nitrogens with one attached hydrogen (secondary N) is 1. The molecule has 0 aliphatic heterocycles. The smallest absolute Gasteiger partial charge is 0.374 e. The van der Waals surface area contributed by atoms with Crippen molar-refractivity contribution < 1.29 is 14.6 Å². The van der Waals surface area contributed by atoms with Gasteiger partial charge in [0.2, 0.25) is 11.7 Å². The number of aromatic carboxylic acids is 1. The summed E-state index contributed by atoms with van der Waals surface area (Å²) in [5, 5.41) is 11.8. The number of rotatable bonds is 5. The molecule has 2 aromatic heterocycles. The van der Waals surface area contributed by atoms with E-state index in [4.69, 9.17) is 9.84 Å². The Labute approximate surface area is 109 Å². The number of carbonyl (C=O) groups is 1. The number of carboxylic acid groups (broad SMARTS) is 1. The molecule has 0 atom stereocenters. The van der Waals surface area contributed by atoms with Gasteiger partial charge in [0, 0.05) is 25.0 Å². The zero-order chi connectivity index (χ0) is 13.7. The number of nitrogens with zero attached hydrogens (tertiary/aromatic N) is 3. The summed E-state index contributed by atoms with van der Waals surface area (Å²) in [5.74, 6) is -0.408. The van der Waals surface area contributed by atoms with Crippen LogP contribution >= 0.6 is 0 Å². The molecule has 7 nitrogen and oxygen atoms in total. The van der Waals surface area contributed by atoms with Gasteiger partial charge in [-0.2, -0.15) is 0 Å². The molecule has 2 heterocycles. The van der Waals surface area contributed by atoms with Crippen LogP contribution in [0, 0.1) is 0 Å². The first-order chi connectivity index (χ1) is 9.19. The van der Waals surface area contributed by atoms with Gasteiger partial charge in [-0.05, 0) is 11.6 Å². The van der Waals surface area contributed by atoms with Crippen LogP contribution in [0.15, 0.2) is 30.6 Å². The van der Waals surface area contributed by atoms with E-state index in [-0.39, 0.29) is 5.82 Å². The van der Waals surface area contributed by atoms with Gasteiger partial charge in [0.25, 0.3) is 0 Å². The van der Waals surface area contributed by atoms with E-state index in [1.165, 1.54) is 6.20 Å². The Hall–Kier alpha value is -2.70. The lowest BCUT2D eigenvalue weighted by Gasteiger charge is -2.06. The third kappa shape index (κ3) is 3.38. The standard InChI is InChI=1S/C12H12N4O3/c1-19-10-3-2-8(7-15-10)6-14-9-4-5-13-11(16-9)12(17)18/h2-5,7H,6H2,1H3,(H,17,18)(H,13,14,16). The molecule has 2 N–H and O–H groups in total. The van der Waals surface area contributed by atoms with Crippen molar-refractivity contribution >= 4 is 11.8 Å². The first-order valence-corrected chi connectivity index (χ1v) is 5.48. The molecule has 98 valence electrons. The monoisotopic (exact) mass is 260 g/mol. The maximum atomic E-state index is 10.7. The molecule has 7 heteroatoms. The summed E-state index contributed by atoms with van der Waals surface area (Å²) in [6, 6.07) is 5.21. The highest BCUT2D eigenvalue weighted by molar-refractivity contribution is 5.83. The topological polar surface area (TPSA) is 97.2 Å². The van der Waals surface area contributed by atoms with Gasteiger partial charge in [0.1, 0.15) is 5.82 Å². The Balaban J connectivity index is 2.01. The normalized spacial score (nSPS) is 9.95. The molecule has 2 aromatic rings. The van der Waals surface area contributed by atoms with Gasteiger partial charge in [-0.25, -0.2) is 19.7 Å². The molecule has 0 aromatic carbocycles. The maximum absolute atomic E-state index is 10.7. The van der Waals surface area contributed by atoms with E-state index in [0.717, 1.165) is 5.56 Å². The van der Waals surface area contributed by atoms with Gasteiger partial charge >= 0.3 is 5.97 Å². The Bertz CT molecular complexity index is 571. The number of pyridine rings is 1. The molecule has 0 fully saturated rings. The molecule has 0 aliphatic carbocycles. The molecule has 0 amide bonds. The van der Waals surface area contributed by atoms with Crippen molar-refractivity contribution in [2.75, 3.05) is 12.4 Å². The second-order valence-corrected chi connectivity index (χ2v) is 3.63. The molecule has 0 saturated carbocycles. The number of aromatic nitrogens is 3. The lowest BCUT2D eigenvalue weighted by atomic mass is 10.3. The Morgan fingerprint density at radius 2 is 2.21 bits per heavy atom. The van der Waals surface area contributed by atoms with Crippen molar-refractivity contribution in [1.82, 2.24) is 15.0 Å². The maximum Gasteiger partial charge on any atom is 0.374 e. The van der Waals surface area contributed by atoms with Crippen molar-refractivity contribution in [3.05, 3.63) is 42.0 Å². The fourth-order valence-corrected chi connectivity index (χ4v) is 1.39. The Morgan fingerprint density at radius 1 is 1.37 bits per heavy atom. The van der Waals surface area contributed by atoms with Crippen LogP contribution < -0.4 is 10.1 Å². The van der Waals surface area contributed by atoms with E-state index < -0.39 is 5.97 Å². The van der Waals surface area contributed by atoms with Crippen LogP contribution in [0.1, 0.15) is 16.2 Å². The average Bonchev–Trinajstić information content (AvgIpc) is 2.46. The van der Waals surface area contributed by atoms with Crippen LogP contribution in [0.3, 0.4) is 0 Å². The van der Waals surface area contributed by atoms with Crippen LogP contribution in [-0.4, -0.2) is 33.1 Å². The summed E-state index contributed by atoms with van der Waals surface area (Å²) in [6.07, 6.45) is 3.07. The highest BCUT2D eigenvalue weighted by atomic mass is 16.5. The van der Waals surface area contributed by atoms with Gasteiger partial charge < -0.3 is 15.2 Å². The third-order valence-corrected chi connectivity index (χ3v) is 2.33. The largest absolute Gasteiger partial charge is 0.481 e. The van der Waals surface area contributed by atoms with E-state index in [1.807, 2.05) is 6.07 Å². The fraction of sp³-hybridized carbons (Fsp3) is 0.167. The van der Waals surface area contributed by atoms with Crippen LogP contribution in [-0.2, 0) is 6.54 Å². The molecule has 0 bridgehead atoms. The number of ether oxygens (including phenoxy) is 1. The highest BCUT2D eigenvalue weighted by Gasteiger charge is 2.06. The van der Waals surface area contributed by atoms with Crippen molar-refractivity contribution in [1.29, 1.82) is 0 Å². The molecule has 19 heavy (non-hydrogen) atoms. The molecule has 0 spiro atoms. The number of carboxylic acids is 1. The van der Waals surface area contributed by atoms with Crippen LogP contribution in [0.5, 0.6) is 5.88 Å². The third-order valence-electron chi connectivity index (χ3n) is 2.33. The number of anilines is 1. The van der Waals surface area contributed by atoms with Gasteiger partial charge in [-0.1, -0.05) is 6.07 Å². The van der Waals surface area contributed by atoms with Crippen molar-refractivity contribution in [2.24, 2.45) is 0 Å². The van der Waals surface area contributed by atoms with Crippen LogP contribution in [0.2, 0.25) is 0 Å². The summed E-state index contributed by atoms with van der Waals surface area (Å²) in [6.45, 7) is 0.479. The number of hydrogen-bond acceptors (Lipinski definition) is 6. The lowest BCUT2D eigenvalue weighted by molar-refractivity contribution is 0.0683. The molecule has 2 rings (SSSR count). The van der Waals surface area contributed by atoms with Crippen molar-refractivity contribution in [3.8, 4) is 5.88 Å². The van der Waals surface area contributed by atoms with Gasteiger partial charge in [0.15, 0.2) is 0 Å². The summed E-state index contributed by atoms with van der Waals surface area (Å²) in [5.41, 5.74) is 0.927. The summed E-state index contributed by atoms with van der Waals surface area (Å²) < 4.78 is 4.96. The van der Waals surface area contributed by atoms with E-state index in [2.05, 4.69) is 20.3 Å². The molecule has 0 unspecified atom stereocenters. The van der Waals surface area contributed by atoms with E-state index in [0.29, 0.717) is 18.2 Å². The predicted molar refractivity (Wildman–Crippen MR) is 67.1 cm³/mol. The first-order valence-electron chi connectivity index (χ1n) is 5.48. The van der Waals surface area contributed by atoms with Crippen molar-refractivity contribution in [2.45, 2.75) is 6.54 Å². The number of hydrogen-bond donors (Lipinski definition) is 2. The van der Waals surface area contributed by atoms with Crippen LogP contribution in [0.25, 0.3) is 0 Å². The zero-order valence-electron chi connectivity index (χ0n) is 10.2. The Kier molecular flexibility index (Phi) is 3.87. The molecular formula is C12H12N4O3. The summed E-state index contributed by atoms with van der Waals surface area (Å²) >= 11 is 0. The zero-order valence-corrected chi connectivity index (χ0v) is 10.2. The van der Waals surface area contributed by atoms with Crippen molar-refractivity contribution in [3.63, 3.8) is 0 Å². The average molecular weight is 260 g/mol. The lowest BCUT2D eigenvalue weighted by Crippen LogP contribution is -2.08. The SMILES string of the molecule is COc1ccc(CNc2ccnc(C(=O)O)n2)cn1. The quantitative estimate of drug-likeness (QED) is 0.833. The minimum Gasteiger partial charge on any atom is -0.481 e. The minimum atomic E-state index is -1.16. The molecule has 0 saturated heterocycles. The van der Waals surface area contributed by atoms with E-state index >= 15 is 0 Å². The summed E-state index contributed by atoms with van der Waals surface area (Å²) in [7, 11) is 1.55. The molecule has 0 aliphatic rings. The molecule has 0 radical (unpaired) electrons. The summed E-state index contributed by atoms with van der Waals surface area (Å²) in [4.78, 5) is 22.3. The van der Waals surface area contributed by atoms with Crippen LogP contribution in [0.4, 0.5) is 5.82 Å². The van der Waals surface area contributed by atoms with E-state index in [9.17, 15) is 4.79 Å². The van der Waals surface area contributed by atoms with Gasteiger partial charge in [0.05, 0.1) is 7.11 Å². The second kappa shape index (κ2) is 5.76. The second-order valence-electron chi connectivity index (χ2n) is 3.63. The Morgan fingerprint density at radius 3 is 2.84 bits per heavy atom. The number of methoxy groups -OCH3 is 1. The van der Waals surface area contributed by atoms with Gasteiger partial charge in [-0.15, -0.1) is 0 Å². The predicted octanol–water partition coefficient (Wildman–Crippen LogP) is 1.19. The van der Waals surface area contributed by atoms with E-state index in [1.54, 1.807) is 25.4 Å². The first kappa shape index (κ1) is 12.7.